The average Bonchev–Trinajstić information content (AvgIpc) is 2.91. The highest BCUT2D eigenvalue weighted by Crippen LogP contribution is 2.29. The van der Waals surface area contributed by atoms with Crippen LogP contribution in [0.3, 0.4) is 0 Å². The van der Waals surface area contributed by atoms with E-state index in [1.54, 1.807) is 0 Å². The highest BCUT2D eigenvalue weighted by molar-refractivity contribution is 5.66. The van der Waals surface area contributed by atoms with Crippen molar-refractivity contribution in [3.8, 4) is 0 Å². The van der Waals surface area contributed by atoms with E-state index < -0.39 is 0 Å². The zero-order chi connectivity index (χ0) is 27.8. The van der Waals surface area contributed by atoms with Crippen molar-refractivity contribution in [1.82, 2.24) is 20.3 Å². The van der Waals surface area contributed by atoms with Crippen LogP contribution < -0.4 is 20.4 Å². The highest BCUT2D eigenvalue weighted by Gasteiger charge is 2.19. The Kier molecular flexibility index (Phi) is 9.72. The Morgan fingerprint density at radius 3 is 2.59 bits per heavy atom. The first kappa shape index (κ1) is 28.7. The predicted molar refractivity (Wildman–Crippen MR) is 159 cm³/mol. The van der Waals surface area contributed by atoms with E-state index in [9.17, 15) is 0 Å². The third-order valence-corrected chi connectivity index (χ3v) is 6.55. The normalized spacial score (nSPS) is 13.9. The van der Waals surface area contributed by atoms with Crippen molar-refractivity contribution in [1.29, 1.82) is 0 Å². The molecule has 0 unspecified atom stereocenters. The molecule has 2 N–H and O–H groups in total. The molecule has 0 bridgehead atoms. The van der Waals surface area contributed by atoms with E-state index in [-0.39, 0.29) is 5.60 Å². The second-order valence-corrected chi connectivity index (χ2v) is 10.7. The fourth-order valence-electron chi connectivity index (χ4n) is 4.67. The van der Waals surface area contributed by atoms with E-state index in [1.807, 2.05) is 31.4 Å². The molecule has 0 aliphatic carbocycles. The molecule has 0 spiro atoms. The van der Waals surface area contributed by atoms with Gasteiger partial charge in [0.1, 0.15) is 11.6 Å². The molecule has 0 atom stereocenters. The van der Waals surface area contributed by atoms with Crippen LogP contribution in [0.1, 0.15) is 44.5 Å². The number of hydrogen-bond acceptors (Lipinski definition) is 9. The molecule has 39 heavy (non-hydrogen) atoms. The number of benzene rings is 1. The van der Waals surface area contributed by atoms with Gasteiger partial charge in [0, 0.05) is 55.7 Å². The lowest BCUT2D eigenvalue weighted by molar-refractivity contribution is -0.000993. The topological polar surface area (TPSA) is 87.7 Å². The van der Waals surface area contributed by atoms with Gasteiger partial charge in [0.15, 0.2) is 0 Å². The van der Waals surface area contributed by atoms with Crippen LogP contribution in [0.4, 0.5) is 29.0 Å². The second-order valence-electron chi connectivity index (χ2n) is 10.7. The summed E-state index contributed by atoms with van der Waals surface area (Å²) in [4.78, 5) is 19.1. The van der Waals surface area contributed by atoms with Gasteiger partial charge >= 0.3 is 0 Å². The van der Waals surface area contributed by atoms with E-state index in [0.29, 0.717) is 32.1 Å². The molecule has 4 rings (SSSR count). The lowest BCUT2D eigenvalue weighted by Gasteiger charge is -2.30. The Bertz CT molecular complexity index is 1220. The van der Waals surface area contributed by atoms with Gasteiger partial charge in [-0.25, -0.2) is 9.97 Å². The third-order valence-electron chi connectivity index (χ3n) is 6.55. The molecule has 9 heteroatoms. The number of nitrogens with one attached hydrogen (secondary N) is 2. The molecular formula is C30H43N7O2. The number of morpholine rings is 1. The van der Waals surface area contributed by atoms with Crippen molar-refractivity contribution in [2.45, 2.75) is 53.2 Å². The zero-order valence-electron chi connectivity index (χ0n) is 24.3. The maximum absolute atomic E-state index is 6.03. The monoisotopic (exact) mass is 533 g/mol. The van der Waals surface area contributed by atoms with Crippen LogP contribution in [0.5, 0.6) is 0 Å². The minimum atomic E-state index is -0.207. The number of aryl methyl sites for hydroxylation is 1. The fourth-order valence-corrected chi connectivity index (χ4v) is 4.67. The van der Waals surface area contributed by atoms with Crippen LogP contribution in [-0.4, -0.2) is 67.1 Å². The van der Waals surface area contributed by atoms with E-state index >= 15 is 0 Å². The van der Waals surface area contributed by atoms with E-state index in [2.05, 4.69) is 78.2 Å². The molecule has 210 valence electrons. The maximum atomic E-state index is 6.03. The van der Waals surface area contributed by atoms with Gasteiger partial charge in [0.25, 0.3) is 0 Å². The summed E-state index contributed by atoms with van der Waals surface area (Å²) in [6.45, 7) is 15.8. The molecule has 0 amide bonds. The molecule has 9 nitrogen and oxygen atoms in total. The first-order valence-corrected chi connectivity index (χ1v) is 13.9. The SMILES string of the molecule is CCN(c1cccc(CNC)n1)c1nc(Nc2ccc(N3CCOCC3)c(C)c2)ncc1CCOC(C)(C)C. The van der Waals surface area contributed by atoms with E-state index in [0.717, 1.165) is 54.9 Å². The molecule has 1 aromatic carbocycles. The Hall–Kier alpha value is -3.27. The standard InChI is InChI=1S/C30H43N7O2/c1-7-37(27-10-8-9-25(33-27)21-31-6)28-23(13-16-39-30(3,4)5)20-32-29(35-28)34-24-11-12-26(22(2)19-24)36-14-17-38-18-15-36/h8-12,19-20,31H,7,13-18,21H2,1-6H3,(H,32,34,35). The first-order valence-electron chi connectivity index (χ1n) is 13.9. The summed E-state index contributed by atoms with van der Waals surface area (Å²) in [5, 5.41) is 6.62. The summed E-state index contributed by atoms with van der Waals surface area (Å²) in [5.74, 6) is 2.25. The van der Waals surface area contributed by atoms with Crippen LogP contribution in [0.2, 0.25) is 0 Å². The largest absolute Gasteiger partial charge is 0.378 e. The van der Waals surface area contributed by atoms with Crippen LogP contribution in [0, 0.1) is 6.92 Å². The molecule has 3 aromatic rings. The lowest BCUT2D eigenvalue weighted by atomic mass is 10.1. The molecule has 2 aromatic heterocycles. The van der Waals surface area contributed by atoms with E-state index in [1.165, 1.54) is 11.3 Å². The lowest BCUT2D eigenvalue weighted by Crippen LogP contribution is -2.36. The number of nitrogens with zero attached hydrogens (tertiary/aromatic N) is 5. The minimum absolute atomic E-state index is 0.207. The van der Waals surface area contributed by atoms with Crippen molar-refractivity contribution < 1.29 is 9.47 Å². The summed E-state index contributed by atoms with van der Waals surface area (Å²) in [6.07, 6.45) is 2.61. The van der Waals surface area contributed by atoms with Gasteiger partial charge in [0.05, 0.1) is 31.1 Å². The number of hydrogen-bond donors (Lipinski definition) is 2. The Labute approximate surface area is 233 Å². The van der Waals surface area contributed by atoms with Crippen molar-refractivity contribution in [2.75, 3.05) is 61.6 Å². The molecular weight excluding hydrogens is 490 g/mol. The van der Waals surface area contributed by atoms with Crippen LogP contribution >= 0.6 is 0 Å². The van der Waals surface area contributed by atoms with Crippen LogP contribution in [0.25, 0.3) is 0 Å². The summed E-state index contributed by atoms with van der Waals surface area (Å²) in [5.41, 5.74) is 5.20. The summed E-state index contributed by atoms with van der Waals surface area (Å²) >= 11 is 0. The maximum Gasteiger partial charge on any atom is 0.229 e. The molecule has 1 aliphatic heterocycles. The van der Waals surface area contributed by atoms with Crippen molar-refractivity contribution in [3.63, 3.8) is 0 Å². The van der Waals surface area contributed by atoms with Gasteiger partial charge in [-0.3, -0.25) is 0 Å². The van der Waals surface area contributed by atoms with Crippen LogP contribution in [-0.2, 0) is 22.4 Å². The second kappa shape index (κ2) is 13.2. The Balaban J connectivity index is 1.62. The summed E-state index contributed by atoms with van der Waals surface area (Å²) in [6, 6.07) is 12.5. The number of ether oxygens (including phenoxy) is 2. The quantitative estimate of drug-likeness (QED) is 0.354. The smallest absolute Gasteiger partial charge is 0.229 e. The van der Waals surface area contributed by atoms with Gasteiger partial charge in [0.2, 0.25) is 5.95 Å². The van der Waals surface area contributed by atoms with Crippen molar-refractivity contribution in [3.05, 3.63) is 59.4 Å². The average molecular weight is 534 g/mol. The molecule has 1 fully saturated rings. The number of pyridine rings is 1. The molecule has 0 saturated carbocycles. The van der Waals surface area contributed by atoms with Crippen molar-refractivity contribution in [2.24, 2.45) is 0 Å². The minimum Gasteiger partial charge on any atom is -0.378 e. The summed E-state index contributed by atoms with van der Waals surface area (Å²) < 4.78 is 11.5. The molecule has 0 radical (unpaired) electrons. The molecule has 1 saturated heterocycles. The van der Waals surface area contributed by atoms with Gasteiger partial charge in [-0.2, -0.15) is 4.98 Å². The fraction of sp³-hybridized carbons (Fsp3) is 0.500. The predicted octanol–water partition coefficient (Wildman–Crippen LogP) is 5.00. The van der Waals surface area contributed by atoms with Gasteiger partial charge in [-0.15, -0.1) is 0 Å². The molecule has 1 aliphatic rings. The molecule has 3 heterocycles. The van der Waals surface area contributed by atoms with E-state index in [4.69, 9.17) is 19.4 Å². The number of aromatic nitrogens is 3. The third kappa shape index (κ3) is 7.88. The number of rotatable bonds is 11. The van der Waals surface area contributed by atoms with Crippen molar-refractivity contribution >= 4 is 29.0 Å². The Morgan fingerprint density at radius 2 is 1.90 bits per heavy atom. The number of anilines is 5. The van der Waals surface area contributed by atoms with Crippen LogP contribution in [0.15, 0.2) is 42.6 Å². The highest BCUT2D eigenvalue weighted by atomic mass is 16.5. The zero-order valence-corrected chi connectivity index (χ0v) is 24.3. The van der Waals surface area contributed by atoms with Gasteiger partial charge < -0.3 is 29.9 Å². The summed E-state index contributed by atoms with van der Waals surface area (Å²) in [7, 11) is 1.93. The van der Waals surface area contributed by atoms with Gasteiger partial charge in [-0.1, -0.05) is 6.07 Å². The first-order chi connectivity index (χ1) is 18.8. The Morgan fingerprint density at radius 1 is 1.10 bits per heavy atom. The van der Waals surface area contributed by atoms with Gasteiger partial charge in [-0.05, 0) is 77.6 Å².